The molecule has 1 aromatic carbocycles. The van der Waals surface area contributed by atoms with Crippen LogP contribution in [0.3, 0.4) is 0 Å². The average Bonchev–Trinajstić information content (AvgIpc) is 2.82. The third kappa shape index (κ3) is 8.23. The summed E-state index contributed by atoms with van der Waals surface area (Å²) in [6.07, 6.45) is 5.88. The lowest BCUT2D eigenvalue weighted by molar-refractivity contribution is 0.0696. The van der Waals surface area contributed by atoms with Crippen LogP contribution in [0.2, 0.25) is 0 Å². The van der Waals surface area contributed by atoms with Crippen molar-refractivity contribution in [3.63, 3.8) is 0 Å². The Labute approximate surface area is 209 Å². The van der Waals surface area contributed by atoms with E-state index in [1.165, 1.54) is 0 Å². The number of carbonyl (C=O) groups is 1. The van der Waals surface area contributed by atoms with Gasteiger partial charge in [-0.1, -0.05) is 20.8 Å². The van der Waals surface area contributed by atoms with Gasteiger partial charge in [0.2, 0.25) is 0 Å². The highest BCUT2D eigenvalue weighted by Crippen LogP contribution is 2.24. The molecule has 0 spiro atoms. The number of carbonyl (C=O) groups excluding carboxylic acids is 1. The number of benzene rings is 1. The average molecular weight is 488 g/mol. The second-order valence-electron chi connectivity index (χ2n) is 10.8. The van der Waals surface area contributed by atoms with Gasteiger partial charge in [-0.05, 0) is 75.1 Å². The van der Waals surface area contributed by atoms with Gasteiger partial charge >= 0.3 is 6.02 Å². The van der Waals surface area contributed by atoms with Gasteiger partial charge in [-0.3, -0.25) is 15.1 Å². The lowest BCUT2D eigenvalue weighted by atomic mass is 9.92. The maximum atomic E-state index is 12.6. The summed E-state index contributed by atoms with van der Waals surface area (Å²) in [6, 6.07) is 6.09. The Morgan fingerprint density at radius 2 is 1.91 bits per heavy atom. The molecule has 0 aliphatic carbocycles. The maximum absolute atomic E-state index is 12.6. The predicted octanol–water partition coefficient (Wildman–Crippen LogP) is 3.88. The van der Waals surface area contributed by atoms with Crippen molar-refractivity contribution in [2.24, 2.45) is 16.3 Å². The lowest BCUT2D eigenvalue weighted by Crippen LogP contribution is -2.39. The van der Waals surface area contributed by atoms with Crippen molar-refractivity contribution in [2.45, 2.75) is 72.3 Å². The monoisotopic (exact) mass is 487 g/mol. The molecule has 3 rings (SSSR count). The molecule has 35 heavy (non-hydrogen) atoms. The third-order valence-electron chi connectivity index (χ3n) is 6.87. The van der Waals surface area contributed by atoms with Crippen LogP contribution in [0, 0.1) is 23.7 Å². The first-order valence-corrected chi connectivity index (χ1v) is 12.9. The summed E-state index contributed by atoms with van der Waals surface area (Å²) in [7, 11) is 0. The first-order valence-electron chi connectivity index (χ1n) is 12.9. The standard InChI is InChI=1S/C27H42N4O4/c1-19-18-22(7-8-23(19)24(32)29-21-11-16-34-17-12-21)35-15-5-6-20-9-13-31(14-10-20)26(33)30-25(28)27(2,3)4/h7-8,18,20-21H,5-6,9-17H2,1-4H3,(H,29,32)(H2,28,30,33)/p+1. The SMILES string of the molecule is Cc1cc(OCCCC2CCN(C([OH2+])=NC(=N)C(C)(C)C)CC2)ccc1C(=O)NC1CCOCC1. The van der Waals surface area contributed by atoms with E-state index in [-0.39, 0.29) is 29.2 Å². The molecule has 0 aromatic heterocycles. The molecule has 2 aliphatic rings. The van der Waals surface area contributed by atoms with Crippen LogP contribution in [-0.2, 0) is 4.74 Å². The van der Waals surface area contributed by atoms with Crippen LogP contribution in [-0.4, -0.2) is 66.7 Å². The topological polar surface area (TPSA) is 110 Å². The van der Waals surface area contributed by atoms with Gasteiger partial charge in [0.05, 0.1) is 6.61 Å². The third-order valence-corrected chi connectivity index (χ3v) is 6.87. The van der Waals surface area contributed by atoms with Crippen molar-refractivity contribution < 1.29 is 19.4 Å². The van der Waals surface area contributed by atoms with E-state index < -0.39 is 0 Å². The second-order valence-corrected chi connectivity index (χ2v) is 10.8. The Kier molecular flexibility index (Phi) is 9.55. The Morgan fingerprint density at radius 3 is 2.54 bits per heavy atom. The van der Waals surface area contributed by atoms with Crippen LogP contribution >= 0.6 is 0 Å². The van der Waals surface area contributed by atoms with Gasteiger partial charge in [0, 0.05) is 43.3 Å². The van der Waals surface area contributed by atoms with Crippen molar-refractivity contribution in [1.82, 2.24) is 10.2 Å². The number of nitrogens with one attached hydrogen (secondary N) is 2. The van der Waals surface area contributed by atoms with Crippen molar-refractivity contribution in [3.05, 3.63) is 29.3 Å². The largest absolute Gasteiger partial charge is 0.565 e. The summed E-state index contributed by atoms with van der Waals surface area (Å²) < 4.78 is 11.3. The Bertz CT molecular complexity index is 895. The van der Waals surface area contributed by atoms with Gasteiger partial charge in [0.1, 0.15) is 11.6 Å². The van der Waals surface area contributed by atoms with E-state index in [0.717, 1.165) is 62.9 Å². The number of amidine groups is 2. The van der Waals surface area contributed by atoms with Gasteiger partial charge in [0.15, 0.2) is 0 Å². The summed E-state index contributed by atoms with van der Waals surface area (Å²) in [6.45, 7) is 11.5. The molecule has 2 fully saturated rings. The van der Waals surface area contributed by atoms with Gasteiger partial charge in [0.25, 0.3) is 5.91 Å². The van der Waals surface area contributed by atoms with Crippen molar-refractivity contribution in [1.29, 1.82) is 5.41 Å². The summed E-state index contributed by atoms with van der Waals surface area (Å²) in [5, 5.41) is 19.4. The van der Waals surface area contributed by atoms with Crippen LogP contribution in [0.15, 0.2) is 23.2 Å². The summed E-state index contributed by atoms with van der Waals surface area (Å²) in [5.74, 6) is 1.66. The highest BCUT2D eigenvalue weighted by Gasteiger charge is 2.26. The fraction of sp³-hybridized carbons (Fsp3) is 0.667. The highest BCUT2D eigenvalue weighted by molar-refractivity contribution is 5.96. The zero-order valence-corrected chi connectivity index (χ0v) is 21.8. The number of aliphatic imine (C=N–C) groups is 1. The van der Waals surface area contributed by atoms with Gasteiger partial charge in [-0.25, -0.2) is 0 Å². The molecule has 0 saturated carbocycles. The van der Waals surface area contributed by atoms with Gasteiger partial charge in [-0.2, -0.15) is 0 Å². The Morgan fingerprint density at radius 1 is 1.23 bits per heavy atom. The number of piperidine rings is 1. The highest BCUT2D eigenvalue weighted by atomic mass is 16.5. The molecule has 2 heterocycles. The summed E-state index contributed by atoms with van der Waals surface area (Å²) >= 11 is 0. The maximum Gasteiger partial charge on any atom is 0.444 e. The van der Waals surface area contributed by atoms with E-state index >= 15 is 0 Å². The Hall–Kier alpha value is -2.61. The molecule has 0 radical (unpaired) electrons. The van der Waals surface area contributed by atoms with E-state index in [2.05, 4.69) is 10.3 Å². The molecule has 0 unspecified atom stereocenters. The van der Waals surface area contributed by atoms with Crippen molar-refractivity contribution in [3.8, 4) is 5.75 Å². The zero-order valence-electron chi connectivity index (χ0n) is 21.8. The zero-order chi connectivity index (χ0) is 25.4. The fourth-order valence-electron chi connectivity index (χ4n) is 4.43. The number of likely N-dealkylation sites (tertiary alicyclic amines) is 1. The number of amides is 1. The second kappa shape index (κ2) is 12.4. The van der Waals surface area contributed by atoms with Gasteiger partial charge in [-0.15, -0.1) is 4.99 Å². The molecular weight excluding hydrogens is 444 g/mol. The molecule has 194 valence electrons. The minimum Gasteiger partial charge on any atom is -0.565 e. The normalized spacial score (nSPS) is 18.4. The van der Waals surface area contributed by atoms with Crippen molar-refractivity contribution >= 4 is 17.8 Å². The molecule has 0 bridgehead atoms. The van der Waals surface area contributed by atoms with E-state index in [0.29, 0.717) is 31.3 Å². The first-order chi connectivity index (χ1) is 16.6. The Balaban J connectivity index is 1.37. The molecule has 2 saturated heterocycles. The minimum absolute atomic E-state index is 0.0246. The number of aryl methyl sites for hydroxylation is 1. The van der Waals surface area contributed by atoms with Crippen LogP contribution < -0.4 is 10.1 Å². The predicted molar refractivity (Wildman–Crippen MR) is 140 cm³/mol. The van der Waals surface area contributed by atoms with Crippen molar-refractivity contribution in [2.75, 3.05) is 32.9 Å². The van der Waals surface area contributed by atoms with Gasteiger partial charge < -0.3 is 19.9 Å². The van der Waals surface area contributed by atoms with Crippen LogP contribution in [0.5, 0.6) is 5.75 Å². The molecule has 8 nitrogen and oxygen atoms in total. The minimum atomic E-state index is -0.333. The molecular formula is C27H43N4O4+. The number of hydrogen-bond acceptors (Lipinski definition) is 4. The molecule has 8 heteroatoms. The number of ether oxygens (including phenoxy) is 2. The molecule has 2 aliphatic heterocycles. The van der Waals surface area contributed by atoms with Crippen LogP contribution in [0.25, 0.3) is 0 Å². The molecule has 1 amide bonds. The molecule has 1 aromatic rings. The first kappa shape index (κ1) is 27.0. The molecule has 4 N–H and O–H groups in total. The van der Waals surface area contributed by atoms with E-state index in [4.69, 9.17) is 20.0 Å². The van der Waals surface area contributed by atoms with E-state index in [1.807, 2.05) is 50.8 Å². The van der Waals surface area contributed by atoms with Crippen LogP contribution in [0.1, 0.15) is 75.2 Å². The summed E-state index contributed by atoms with van der Waals surface area (Å²) in [5.41, 5.74) is 1.29. The van der Waals surface area contributed by atoms with Crippen LogP contribution in [0.4, 0.5) is 0 Å². The smallest absolute Gasteiger partial charge is 0.444 e. The fourth-order valence-corrected chi connectivity index (χ4v) is 4.43. The van der Waals surface area contributed by atoms with E-state index in [9.17, 15) is 4.79 Å². The van der Waals surface area contributed by atoms with E-state index in [1.54, 1.807) is 0 Å². The lowest BCUT2D eigenvalue weighted by Gasteiger charge is -2.30. The quantitative estimate of drug-likeness (QED) is 0.263. The number of hydrogen-bond donors (Lipinski definition) is 2. The number of nitrogens with zero attached hydrogens (tertiary/aromatic N) is 2. The number of rotatable bonds is 7. The summed E-state index contributed by atoms with van der Waals surface area (Å²) in [4.78, 5) is 18.8. The molecule has 0 atom stereocenters.